The Morgan fingerprint density at radius 3 is 2.83 bits per heavy atom. The average molecular weight is 169 g/mol. The van der Waals surface area contributed by atoms with Gasteiger partial charge in [-0.05, 0) is 19.3 Å². The van der Waals surface area contributed by atoms with Gasteiger partial charge >= 0.3 is 5.97 Å². The molecule has 2 aliphatic heterocycles. The maximum atomic E-state index is 11.2. The zero-order chi connectivity index (χ0) is 8.72. The minimum atomic E-state index is -0.854. The van der Waals surface area contributed by atoms with Crippen molar-refractivity contribution in [1.29, 1.82) is 0 Å². The highest BCUT2D eigenvalue weighted by Gasteiger charge is 2.44. The number of rotatable bonds is 1. The van der Waals surface area contributed by atoms with E-state index in [1.54, 1.807) is 4.90 Å². The fourth-order valence-electron chi connectivity index (χ4n) is 2.21. The second-order valence-electron chi connectivity index (χ2n) is 3.42. The van der Waals surface area contributed by atoms with E-state index in [0.29, 0.717) is 12.8 Å². The third kappa shape index (κ3) is 0.906. The van der Waals surface area contributed by atoms with Crippen LogP contribution in [-0.4, -0.2) is 34.0 Å². The molecule has 0 aromatic rings. The van der Waals surface area contributed by atoms with Crippen molar-refractivity contribution < 1.29 is 14.7 Å². The van der Waals surface area contributed by atoms with Gasteiger partial charge in [-0.15, -0.1) is 0 Å². The molecule has 2 unspecified atom stereocenters. The standard InChI is InChI=1S/C8H11NO3/c10-7-4-2-5-1-3-6(8(11)12)9(5)7/h5-6H,1-4H2,(H,11,12). The van der Waals surface area contributed by atoms with Gasteiger partial charge in [-0.1, -0.05) is 0 Å². The molecule has 12 heavy (non-hydrogen) atoms. The summed E-state index contributed by atoms with van der Waals surface area (Å²) in [6.45, 7) is 0. The largest absolute Gasteiger partial charge is 0.480 e. The lowest BCUT2D eigenvalue weighted by atomic mass is 10.1. The zero-order valence-corrected chi connectivity index (χ0v) is 6.69. The molecule has 2 fully saturated rings. The van der Waals surface area contributed by atoms with Crippen LogP contribution in [0.3, 0.4) is 0 Å². The average Bonchev–Trinajstić information content (AvgIpc) is 2.53. The summed E-state index contributed by atoms with van der Waals surface area (Å²) in [5, 5.41) is 8.78. The summed E-state index contributed by atoms with van der Waals surface area (Å²) in [5.41, 5.74) is 0. The van der Waals surface area contributed by atoms with Crippen LogP contribution in [0.15, 0.2) is 0 Å². The van der Waals surface area contributed by atoms with Gasteiger partial charge in [-0.2, -0.15) is 0 Å². The monoisotopic (exact) mass is 169 g/mol. The van der Waals surface area contributed by atoms with Gasteiger partial charge < -0.3 is 10.0 Å². The number of hydrogen-bond donors (Lipinski definition) is 1. The van der Waals surface area contributed by atoms with Crippen LogP contribution in [0.2, 0.25) is 0 Å². The maximum absolute atomic E-state index is 11.2. The quantitative estimate of drug-likeness (QED) is 0.611. The van der Waals surface area contributed by atoms with Crippen LogP contribution in [0.1, 0.15) is 25.7 Å². The molecule has 1 amide bonds. The third-order valence-corrected chi connectivity index (χ3v) is 2.77. The number of carbonyl (C=O) groups excluding carboxylic acids is 1. The Kier molecular flexibility index (Phi) is 1.56. The second-order valence-corrected chi connectivity index (χ2v) is 3.42. The van der Waals surface area contributed by atoms with Crippen molar-refractivity contribution in [1.82, 2.24) is 4.90 Å². The van der Waals surface area contributed by atoms with Gasteiger partial charge in [0.05, 0.1) is 0 Å². The summed E-state index contributed by atoms with van der Waals surface area (Å²) in [7, 11) is 0. The first-order chi connectivity index (χ1) is 5.70. The summed E-state index contributed by atoms with van der Waals surface area (Å²) in [5.74, 6) is -0.836. The predicted octanol–water partition coefficient (Wildman–Crippen LogP) is 0.224. The summed E-state index contributed by atoms with van der Waals surface area (Å²) >= 11 is 0. The molecule has 2 atom stereocenters. The summed E-state index contributed by atoms with van der Waals surface area (Å²) in [6, 6.07) is -0.316. The van der Waals surface area contributed by atoms with E-state index < -0.39 is 12.0 Å². The fourth-order valence-corrected chi connectivity index (χ4v) is 2.21. The molecule has 4 heteroatoms. The number of hydrogen-bond acceptors (Lipinski definition) is 2. The predicted molar refractivity (Wildman–Crippen MR) is 40.5 cm³/mol. The highest BCUT2D eigenvalue weighted by atomic mass is 16.4. The summed E-state index contributed by atoms with van der Waals surface area (Å²) in [4.78, 5) is 23.5. The molecule has 0 aromatic heterocycles. The molecule has 0 aliphatic carbocycles. The number of carbonyl (C=O) groups is 2. The summed E-state index contributed by atoms with van der Waals surface area (Å²) in [6.07, 6.45) is 2.88. The van der Waals surface area contributed by atoms with Crippen LogP contribution >= 0.6 is 0 Å². The van der Waals surface area contributed by atoms with Gasteiger partial charge in [0.2, 0.25) is 5.91 Å². The first-order valence-corrected chi connectivity index (χ1v) is 4.24. The van der Waals surface area contributed by atoms with E-state index in [-0.39, 0.29) is 11.9 Å². The Morgan fingerprint density at radius 2 is 2.17 bits per heavy atom. The Bertz CT molecular complexity index is 238. The molecule has 2 aliphatic rings. The van der Waals surface area contributed by atoms with E-state index in [1.165, 1.54) is 0 Å². The van der Waals surface area contributed by atoms with Crippen molar-refractivity contribution in [2.75, 3.05) is 0 Å². The van der Waals surface area contributed by atoms with Gasteiger partial charge in [0.1, 0.15) is 6.04 Å². The molecular formula is C8H11NO3. The van der Waals surface area contributed by atoms with Crippen LogP contribution in [0.5, 0.6) is 0 Å². The summed E-state index contributed by atoms with van der Waals surface area (Å²) < 4.78 is 0. The molecule has 2 heterocycles. The fraction of sp³-hybridized carbons (Fsp3) is 0.750. The molecule has 0 radical (unpaired) electrons. The van der Waals surface area contributed by atoms with Crippen molar-refractivity contribution in [2.45, 2.75) is 37.8 Å². The van der Waals surface area contributed by atoms with Gasteiger partial charge in [-0.3, -0.25) is 4.79 Å². The van der Waals surface area contributed by atoms with Gasteiger partial charge in [0.25, 0.3) is 0 Å². The lowest BCUT2D eigenvalue weighted by Gasteiger charge is -2.20. The Hall–Kier alpha value is -1.06. The maximum Gasteiger partial charge on any atom is 0.326 e. The molecule has 66 valence electrons. The van der Waals surface area contributed by atoms with Gasteiger partial charge in [-0.25, -0.2) is 4.79 Å². The van der Waals surface area contributed by atoms with Crippen LogP contribution in [0.25, 0.3) is 0 Å². The Labute approximate surface area is 70.2 Å². The van der Waals surface area contributed by atoms with E-state index in [2.05, 4.69) is 0 Å². The molecule has 4 nitrogen and oxygen atoms in total. The van der Waals surface area contributed by atoms with Gasteiger partial charge in [0, 0.05) is 12.5 Å². The van der Waals surface area contributed by atoms with Crippen LogP contribution in [-0.2, 0) is 9.59 Å². The zero-order valence-electron chi connectivity index (χ0n) is 6.69. The van der Waals surface area contributed by atoms with Crippen molar-refractivity contribution in [3.8, 4) is 0 Å². The van der Waals surface area contributed by atoms with Crippen LogP contribution in [0, 0.1) is 0 Å². The van der Waals surface area contributed by atoms with Crippen LogP contribution in [0.4, 0.5) is 0 Å². The molecule has 0 saturated carbocycles. The first-order valence-electron chi connectivity index (χ1n) is 4.24. The highest BCUT2D eigenvalue weighted by Crippen LogP contribution is 2.33. The number of carboxylic acids is 1. The topological polar surface area (TPSA) is 57.6 Å². The molecule has 0 spiro atoms. The van der Waals surface area contributed by atoms with E-state index in [1.807, 2.05) is 0 Å². The van der Waals surface area contributed by atoms with Crippen molar-refractivity contribution in [3.63, 3.8) is 0 Å². The number of carboxylic acid groups (broad SMARTS) is 1. The second kappa shape index (κ2) is 2.47. The first kappa shape index (κ1) is 7.58. The van der Waals surface area contributed by atoms with Crippen molar-refractivity contribution in [3.05, 3.63) is 0 Å². The molecule has 1 N–H and O–H groups in total. The molecule has 0 bridgehead atoms. The lowest BCUT2D eigenvalue weighted by molar-refractivity contribution is -0.147. The minimum Gasteiger partial charge on any atom is -0.480 e. The SMILES string of the molecule is O=C(O)C1CCC2CCC(=O)N21. The van der Waals surface area contributed by atoms with E-state index in [9.17, 15) is 9.59 Å². The number of amides is 1. The minimum absolute atomic E-state index is 0.0184. The number of fused-ring (bicyclic) bond motifs is 1. The molecule has 0 aromatic carbocycles. The Morgan fingerprint density at radius 1 is 1.42 bits per heavy atom. The molecule has 2 saturated heterocycles. The lowest BCUT2D eigenvalue weighted by Crippen LogP contribution is -2.39. The Balaban J connectivity index is 2.19. The third-order valence-electron chi connectivity index (χ3n) is 2.77. The van der Waals surface area contributed by atoms with Gasteiger partial charge in [0.15, 0.2) is 0 Å². The van der Waals surface area contributed by atoms with Crippen molar-refractivity contribution in [2.24, 2.45) is 0 Å². The van der Waals surface area contributed by atoms with E-state index in [0.717, 1.165) is 12.8 Å². The highest BCUT2D eigenvalue weighted by molar-refractivity contribution is 5.86. The van der Waals surface area contributed by atoms with E-state index >= 15 is 0 Å². The normalized spacial score (nSPS) is 34.0. The molecular weight excluding hydrogens is 158 g/mol. The van der Waals surface area contributed by atoms with Crippen LogP contribution < -0.4 is 0 Å². The number of nitrogens with zero attached hydrogens (tertiary/aromatic N) is 1. The molecule has 2 rings (SSSR count). The van der Waals surface area contributed by atoms with E-state index in [4.69, 9.17) is 5.11 Å². The van der Waals surface area contributed by atoms with Crippen molar-refractivity contribution >= 4 is 11.9 Å². The smallest absolute Gasteiger partial charge is 0.326 e. The number of aliphatic carboxylic acids is 1.